The minimum absolute atomic E-state index is 0.0259. The van der Waals surface area contributed by atoms with E-state index in [-0.39, 0.29) is 11.8 Å². The molecule has 3 rings (SSSR count). The van der Waals surface area contributed by atoms with Gasteiger partial charge in [-0.2, -0.15) is 0 Å². The molecule has 1 atom stereocenters. The van der Waals surface area contributed by atoms with Crippen LogP contribution in [0.1, 0.15) is 45.6 Å². The Morgan fingerprint density at radius 3 is 2.25 bits per heavy atom. The zero-order valence-corrected chi connectivity index (χ0v) is 17.7. The van der Waals surface area contributed by atoms with Crippen LogP contribution in [0.2, 0.25) is 0 Å². The van der Waals surface area contributed by atoms with Gasteiger partial charge in [0.25, 0.3) is 0 Å². The highest BCUT2D eigenvalue weighted by atomic mass is 32.1. The number of hydrogen-bond donors (Lipinski definition) is 1. The fraction of sp³-hybridized carbons (Fsp3) is 0.348. The summed E-state index contributed by atoms with van der Waals surface area (Å²) in [5.74, 6) is 0.555. The quantitative estimate of drug-likeness (QED) is 0.535. The summed E-state index contributed by atoms with van der Waals surface area (Å²) in [6.07, 6.45) is 0.932. The van der Waals surface area contributed by atoms with Crippen molar-refractivity contribution >= 4 is 22.4 Å². The van der Waals surface area contributed by atoms with Gasteiger partial charge in [0, 0.05) is 0 Å². The Bertz CT molecular complexity index is 887. The van der Waals surface area contributed by atoms with Gasteiger partial charge in [-0.05, 0) is 34.9 Å². The monoisotopic (exact) mass is 393 g/mol. The van der Waals surface area contributed by atoms with Crippen LogP contribution < -0.4 is 5.32 Å². The molecular weight excluding hydrogens is 366 g/mol. The summed E-state index contributed by atoms with van der Waals surface area (Å²) in [4.78, 5) is 13.0. The zero-order valence-electron chi connectivity index (χ0n) is 16.8. The predicted molar refractivity (Wildman–Crippen MR) is 116 cm³/mol. The lowest BCUT2D eigenvalue weighted by Crippen LogP contribution is -2.37. The molecule has 0 aliphatic rings. The molecular formula is C23H27N3OS. The number of nitrogens with one attached hydrogen (secondary N) is 1. The molecule has 1 unspecified atom stereocenters. The van der Waals surface area contributed by atoms with Gasteiger partial charge in [0.2, 0.25) is 11.0 Å². The Hall–Kier alpha value is -2.53. The number of aromatic nitrogens is 2. The van der Waals surface area contributed by atoms with E-state index in [1.165, 1.54) is 28.0 Å². The number of nitrogens with zero attached hydrogens (tertiary/aromatic N) is 2. The van der Waals surface area contributed by atoms with E-state index in [1.807, 2.05) is 32.0 Å². The van der Waals surface area contributed by atoms with E-state index in [9.17, 15) is 4.79 Å². The van der Waals surface area contributed by atoms with Crippen LogP contribution in [-0.2, 0) is 4.79 Å². The van der Waals surface area contributed by atoms with Crippen molar-refractivity contribution in [2.75, 3.05) is 5.32 Å². The highest BCUT2D eigenvalue weighted by Gasteiger charge is 2.38. The second kappa shape index (κ2) is 8.65. The molecule has 0 aliphatic carbocycles. The van der Waals surface area contributed by atoms with E-state index in [2.05, 4.69) is 65.8 Å². The van der Waals surface area contributed by atoms with Gasteiger partial charge in [0.05, 0.1) is 5.41 Å². The molecule has 0 radical (unpaired) electrons. The second-order valence-electron chi connectivity index (χ2n) is 8.09. The van der Waals surface area contributed by atoms with Gasteiger partial charge in [-0.1, -0.05) is 93.6 Å². The summed E-state index contributed by atoms with van der Waals surface area (Å²) < 4.78 is 0. The number of benzene rings is 2. The van der Waals surface area contributed by atoms with Gasteiger partial charge in [-0.25, -0.2) is 0 Å². The predicted octanol–water partition coefficient (Wildman–Crippen LogP) is 6.00. The normalized spacial score (nSPS) is 12.8. The van der Waals surface area contributed by atoms with Crippen molar-refractivity contribution in [1.82, 2.24) is 10.2 Å². The van der Waals surface area contributed by atoms with Crippen molar-refractivity contribution in [3.05, 3.63) is 65.7 Å². The number of carbonyl (C=O) groups is 1. The molecule has 0 spiro atoms. The number of rotatable bonds is 7. The third-order valence-electron chi connectivity index (χ3n) is 5.16. The van der Waals surface area contributed by atoms with Crippen LogP contribution in [0.15, 0.2) is 60.1 Å². The first-order chi connectivity index (χ1) is 13.4. The van der Waals surface area contributed by atoms with Crippen molar-refractivity contribution in [2.45, 2.75) is 40.0 Å². The average molecular weight is 394 g/mol. The third kappa shape index (κ3) is 4.65. The summed E-state index contributed by atoms with van der Waals surface area (Å²) in [5.41, 5.74) is 4.61. The molecule has 146 valence electrons. The first-order valence-corrected chi connectivity index (χ1v) is 10.5. The molecule has 1 heterocycles. The van der Waals surface area contributed by atoms with Gasteiger partial charge in [0.1, 0.15) is 5.51 Å². The Labute approximate surface area is 171 Å². The van der Waals surface area contributed by atoms with Crippen molar-refractivity contribution in [2.24, 2.45) is 11.3 Å². The lowest BCUT2D eigenvalue weighted by Gasteiger charge is -2.34. The maximum absolute atomic E-state index is 13.0. The first-order valence-electron chi connectivity index (χ1n) is 9.61. The first kappa shape index (κ1) is 20.2. The maximum atomic E-state index is 13.0. The van der Waals surface area contributed by atoms with Crippen molar-refractivity contribution in [3.63, 3.8) is 0 Å². The molecule has 4 nitrogen and oxygen atoms in total. The lowest BCUT2D eigenvalue weighted by molar-refractivity contribution is -0.125. The molecule has 3 aromatic rings. The van der Waals surface area contributed by atoms with Crippen LogP contribution >= 0.6 is 11.3 Å². The van der Waals surface area contributed by atoms with Gasteiger partial charge < -0.3 is 5.32 Å². The van der Waals surface area contributed by atoms with Crippen LogP contribution in [0.25, 0.3) is 11.1 Å². The molecule has 28 heavy (non-hydrogen) atoms. The summed E-state index contributed by atoms with van der Waals surface area (Å²) in [7, 11) is 0. The topological polar surface area (TPSA) is 54.9 Å². The minimum Gasteiger partial charge on any atom is -0.300 e. The molecule has 2 aromatic carbocycles. The highest BCUT2D eigenvalue weighted by Crippen LogP contribution is 2.41. The smallest absolute Gasteiger partial charge is 0.232 e. The molecule has 1 aromatic heterocycles. The number of hydrogen-bond acceptors (Lipinski definition) is 4. The zero-order chi connectivity index (χ0) is 20.1. The fourth-order valence-corrected chi connectivity index (χ4v) is 3.94. The highest BCUT2D eigenvalue weighted by molar-refractivity contribution is 7.13. The Balaban J connectivity index is 1.87. The van der Waals surface area contributed by atoms with Gasteiger partial charge >= 0.3 is 0 Å². The molecule has 5 heteroatoms. The molecule has 0 aliphatic heterocycles. The summed E-state index contributed by atoms with van der Waals surface area (Å²) in [6, 6.07) is 19.0. The Kier molecular flexibility index (Phi) is 6.25. The third-order valence-corrected chi connectivity index (χ3v) is 5.77. The lowest BCUT2D eigenvalue weighted by atomic mass is 9.70. The van der Waals surface area contributed by atoms with E-state index in [4.69, 9.17) is 0 Å². The van der Waals surface area contributed by atoms with E-state index >= 15 is 0 Å². The van der Waals surface area contributed by atoms with Crippen LogP contribution in [0, 0.1) is 11.3 Å². The number of anilines is 1. The minimum atomic E-state index is -0.579. The average Bonchev–Trinajstić information content (AvgIpc) is 3.20. The standard InChI is InChI=1S/C23H27N3OS/c1-16(2)14-20(23(3,4)21(27)25-22-26-24-15-28-22)19-12-10-18(11-13-19)17-8-6-5-7-9-17/h5-13,15-16,20H,14H2,1-4H3,(H,25,26,27). The fourth-order valence-electron chi connectivity index (χ4n) is 3.50. The molecule has 0 saturated carbocycles. The van der Waals surface area contributed by atoms with E-state index in [0.717, 1.165) is 6.42 Å². The van der Waals surface area contributed by atoms with Crippen molar-refractivity contribution in [1.29, 1.82) is 0 Å². The van der Waals surface area contributed by atoms with Crippen LogP contribution in [0.3, 0.4) is 0 Å². The van der Waals surface area contributed by atoms with E-state index in [1.54, 1.807) is 5.51 Å². The molecule has 1 N–H and O–H groups in total. The van der Waals surface area contributed by atoms with Crippen LogP contribution in [0.4, 0.5) is 5.13 Å². The van der Waals surface area contributed by atoms with E-state index in [0.29, 0.717) is 11.0 Å². The van der Waals surface area contributed by atoms with Crippen LogP contribution in [0.5, 0.6) is 0 Å². The number of amides is 1. The van der Waals surface area contributed by atoms with E-state index < -0.39 is 5.41 Å². The molecule has 1 amide bonds. The van der Waals surface area contributed by atoms with Crippen molar-refractivity contribution < 1.29 is 4.79 Å². The van der Waals surface area contributed by atoms with Gasteiger partial charge in [0.15, 0.2) is 0 Å². The Morgan fingerprint density at radius 1 is 1.04 bits per heavy atom. The molecule has 0 saturated heterocycles. The van der Waals surface area contributed by atoms with Gasteiger partial charge in [-0.3, -0.25) is 4.79 Å². The summed E-state index contributed by atoms with van der Waals surface area (Å²) >= 11 is 1.33. The van der Waals surface area contributed by atoms with Crippen LogP contribution in [-0.4, -0.2) is 16.1 Å². The van der Waals surface area contributed by atoms with Crippen molar-refractivity contribution in [3.8, 4) is 11.1 Å². The molecule has 0 bridgehead atoms. The SMILES string of the molecule is CC(C)CC(c1ccc(-c2ccccc2)cc1)C(C)(C)C(=O)Nc1nncs1. The largest absolute Gasteiger partial charge is 0.300 e. The maximum Gasteiger partial charge on any atom is 0.232 e. The van der Waals surface area contributed by atoms with Gasteiger partial charge in [-0.15, -0.1) is 10.2 Å². The number of carbonyl (C=O) groups excluding carboxylic acids is 1. The molecule has 0 fully saturated rings. The summed E-state index contributed by atoms with van der Waals surface area (Å²) in [5, 5.41) is 11.2. The summed E-state index contributed by atoms with van der Waals surface area (Å²) in [6.45, 7) is 8.43. The Morgan fingerprint density at radius 2 is 1.68 bits per heavy atom. The second-order valence-corrected chi connectivity index (χ2v) is 8.92.